The third-order valence-electron chi connectivity index (χ3n) is 5.39. The molecule has 1 heterocycles. The highest BCUT2D eigenvalue weighted by Crippen LogP contribution is 2.21. The molecule has 3 N–H and O–H groups in total. The average molecular weight is 430 g/mol. The molecule has 30 heavy (non-hydrogen) atoms. The van der Waals surface area contributed by atoms with Gasteiger partial charge in [-0.15, -0.1) is 0 Å². The summed E-state index contributed by atoms with van der Waals surface area (Å²) in [6.07, 6.45) is 1.81. The maximum Gasteiger partial charge on any atom is 0.238 e. The first-order valence-electron chi connectivity index (χ1n) is 9.99. The lowest BCUT2D eigenvalue weighted by atomic mass is 9.95. The Labute approximate surface area is 177 Å². The molecular formula is C22H27N3O4S. The Morgan fingerprint density at radius 3 is 2.60 bits per heavy atom. The SMILES string of the molecule is CC(NC(=O)C1CCCN(C(=O)Cc2ccccc2)C1)c1cccc(S(N)(=O)=O)c1. The molecule has 0 spiro atoms. The van der Waals surface area contributed by atoms with Gasteiger partial charge >= 0.3 is 0 Å². The van der Waals surface area contributed by atoms with Gasteiger partial charge in [0.15, 0.2) is 0 Å². The number of likely N-dealkylation sites (tertiary alicyclic amines) is 1. The number of carbonyl (C=O) groups excluding carboxylic acids is 2. The van der Waals surface area contributed by atoms with E-state index in [9.17, 15) is 18.0 Å². The average Bonchev–Trinajstić information content (AvgIpc) is 2.74. The number of sulfonamides is 1. The summed E-state index contributed by atoms with van der Waals surface area (Å²) >= 11 is 0. The standard InChI is InChI=1S/C22H27N3O4S/c1-16(18-9-5-11-20(14-18)30(23,28)29)24-22(27)19-10-6-12-25(15-19)21(26)13-17-7-3-2-4-8-17/h2-5,7-9,11,14,16,19H,6,10,12-13,15H2,1H3,(H,24,27)(H2,23,28,29). The van der Waals surface area contributed by atoms with E-state index in [-0.39, 0.29) is 28.7 Å². The molecule has 7 nitrogen and oxygen atoms in total. The number of nitrogens with two attached hydrogens (primary N) is 1. The minimum absolute atomic E-state index is 0.0106. The van der Waals surface area contributed by atoms with Gasteiger partial charge in [0, 0.05) is 13.1 Å². The van der Waals surface area contributed by atoms with Gasteiger partial charge in [0.1, 0.15) is 0 Å². The van der Waals surface area contributed by atoms with E-state index in [0.717, 1.165) is 12.0 Å². The van der Waals surface area contributed by atoms with E-state index in [0.29, 0.717) is 31.5 Å². The van der Waals surface area contributed by atoms with E-state index in [1.165, 1.54) is 12.1 Å². The summed E-state index contributed by atoms with van der Waals surface area (Å²) in [4.78, 5) is 27.2. The van der Waals surface area contributed by atoms with E-state index in [2.05, 4.69) is 5.32 Å². The molecule has 1 aliphatic rings. The highest BCUT2D eigenvalue weighted by atomic mass is 32.2. The van der Waals surface area contributed by atoms with Crippen LogP contribution in [-0.2, 0) is 26.0 Å². The lowest BCUT2D eigenvalue weighted by Gasteiger charge is -2.33. The molecule has 1 aliphatic heterocycles. The van der Waals surface area contributed by atoms with Crippen LogP contribution in [0.15, 0.2) is 59.5 Å². The second-order valence-electron chi connectivity index (χ2n) is 7.69. The summed E-state index contributed by atoms with van der Waals surface area (Å²) in [6, 6.07) is 15.4. The topological polar surface area (TPSA) is 110 Å². The van der Waals surface area contributed by atoms with E-state index in [4.69, 9.17) is 5.14 Å². The summed E-state index contributed by atoms with van der Waals surface area (Å²) in [5, 5.41) is 8.13. The number of amides is 2. The van der Waals surface area contributed by atoms with Crippen molar-refractivity contribution in [2.45, 2.75) is 37.1 Å². The van der Waals surface area contributed by atoms with E-state index >= 15 is 0 Å². The number of rotatable bonds is 6. The Kier molecular flexibility index (Phi) is 6.89. The Bertz CT molecular complexity index is 1010. The molecule has 3 rings (SSSR count). The number of benzene rings is 2. The molecule has 2 atom stereocenters. The molecule has 2 aromatic rings. The van der Waals surface area contributed by atoms with Gasteiger partial charge in [-0.1, -0.05) is 42.5 Å². The molecule has 2 unspecified atom stereocenters. The van der Waals surface area contributed by atoms with Crippen LogP contribution < -0.4 is 10.5 Å². The molecular weight excluding hydrogens is 402 g/mol. The van der Waals surface area contributed by atoms with Crippen molar-refractivity contribution < 1.29 is 18.0 Å². The summed E-state index contributed by atoms with van der Waals surface area (Å²) in [5.41, 5.74) is 1.61. The Morgan fingerprint density at radius 2 is 1.90 bits per heavy atom. The quantitative estimate of drug-likeness (QED) is 0.732. The fourth-order valence-electron chi connectivity index (χ4n) is 3.68. The largest absolute Gasteiger partial charge is 0.349 e. The van der Waals surface area contributed by atoms with Gasteiger partial charge in [0.2, 0.25) is 21.8 Å². The third-order valence-corrected chi connectivity index (χ3v) is 6.30. The van der Waals surface area contributed by atoms with E-state index < -0.39 is 10.0 Å². The van der Waals surface area contributed by atoms with Crippen LogP contribution in [0.3, 0.4) is 0 Å². The maximum atomic E-state index is 12.8. The summed E-state index contributed by atoms with van der Waals surface area (Å²) in [5.74, 6) is -0.407. The molecule has 1 saturated heterocycles. The minimum Gasteiger partial charge on any atom is -0.349 e. The maximum absolute atomic E-state index is 12.8. The highest BCUT2D eigenvalue weighted by Gasteiger charge is 2.29. The van der Waals surface area contributed by atoms with Crippen LogP contribution in [-0.4, -0.2) is 38.2 Å². The van der Waals surface area contributed by atoms with Gasteiger partial charge in [0.05, 0.1) is 23.3 Å². The summed E-state index contributed by atoms with van der Waals surface area (Å²) in [7, 11) is -3.81. The van der Waals surface area contributed by atoms with E-state index in [1.54, 1.807) is 24.0 Å². The molecule has 0 bridgehead atoms. The second kappa shape index (κ2) is 9.40. The van der Waals surface area contributed by atoms with Crippen LogP contribution in [0.25, 0.3) is 0 Å². The monoisotopic (exact) mass is 429 g/mol. The normalized spacial score (nSPS) is 17.9. The zero-order valence-electron chi connectivity index (χ0n) is 17.0. The van der Waals surface area contributed by atoms with Crippen molar-refractivity contribution in [3.8, 4) is 0 Å². The number of primary sulfonamides is 1. The molecule has 2 aromatic carbocycles. The molecule has 2 amide bonds. The Balaban J connectivity index is 1.60. The first-order valence-corrected chi connectivity index (χ1v) is 11.5. The van der Waals surface area contributed by atoms with Gasteiger partial charge < -0.3 is 10.2 Å². The summed E-state index contributed by atoms with van der Waals surface area (Å²) in [6.45, 7) is 2.84. The second-order valence-corrected chi connectivity index (χ2v) is 9.25. The van der Waals surface area contributed by atoms with Gasteiger partial charge in [-0.2, -0.15) is 0 Å². The minimum atomic E-state index is -3.81. The van der Waals surface area contributed by atoms with Crippen LogP contribution in [0.5, 0.6) is 0 Å². The molecule has 160 valence electrons. The lowest BCUT2D eigenvalue weighted by Crippen LogP contribution is -2.46. The van der Waals surface area contributed by atoms with Crippen molar-refractivity contribution in [3.05, 3.63) is 65.7 Å². The van der Waals surface area contributed by atoms with Crippen molar-refractivity contribution in [1.29, 1.82) is 0 Å². The van der Waals surface area contributed by atoms with Crippen LogP contribution in [0.1, 0.15) is 36.9 Å². The van der Waals surface area contributed by atoms with Crippen LogP contribution in [0, 0.1) is 5.92 Å². The van der Waals surface area contributed by atoms with Gasteiger partial charge in [-0.3, -0.25) is 9.59 Å². The smallest absolute Gasteiger partial charge is 0.238 e. The fourth-order valence-corrected chi connectivity index (χ4v) is 4.24. The molecule has 0 radical (unpaired) electrons. The van der Waals surface area contributed by atoms with Crippen molar-refractivity contribution in [2.75, 3.05) is 13.1 Å². The zero-order chi connectivity index (χ0) is 21.7. The number of hydrogen-bond donors (Lipinski definition) is 2. The molecule has 1 fully saturated rings. The Morgan fingerprint density at radius 1 is 1.17 bits per heavy atom. The number of nitrogens with zero attached hydrogens (tertiary/aromatic N) is 1. The predicted molar refractivity (Wildman–Crippen MR) is 114 cm³/mol. The van der Waals surface area contributed by atoms with Crippen molar-refractivity contribution in [1.82, 2.24) is 10.2 Å². The van der Waals surface area contributed by atoms with Crippen molar-refractivity contribution in [3.63, 3.8) is 0 Å². The van der Waals surface area contributed by atoms with Crippen LogP contribution >= 0.6 is 0 Å². The number of hydrogen-bond acceptors (Lipinski definition) is 4. The van der Waals surface area contributed by atoms with E-state index in [1.807, 2.05) is 30.3 Å². The number of nitrogens with one attached hydrogen (secondary N) is 1. The van der Waals surface area contributed by atoms with Gasteiger partial charge in [0.25, 0.3) is 0 Å². The zero-order valence-corrected chi connectivity index (χ0v) is 17.8. The number of piperidine rings is 1. The van der Waals surface area contributed by atoms with Crippen LogP contribution in [0.4, 0.5) is 0 Å². The highest BCUT2D eigenvalue weighted by molar-refractivity contribution is 7.89. The van der Waals surface area contributed by atoms with Gasteiger partial charge in [-0.25, -0.2) is 13.6 Å². The summed E-state index contributed by atoms with van der Waals surface area (Å²) < 4.78 is 23.1. The van der Waals surface area contributed by atoms with Gasteiger partial charge in [-0.05, 0) is 43.0 Å². The molecule has 0 aliphatic carbocycles. The molecule has 0 aromatic heterocycles. The Hall–Kier alpha value is -2.71. The molecule has 8 heteroatoms. The number of carbonyl (C=O) groups is 2. The molecule has 0 saturated carbocycles. The third kappa shape index (κ3) is 5.67. The first kappa shape index (κ1) is 22.0. The van der Waals surface area contributed by atoms with Crippen LogP contribution in [0.2, 0.25) is 0 Å². The fraction of sp³-hybridized carbons (Fsp3) is 0.364. The predicted octanol–water partition coefficient (Wildman–Crippen LogP) is 1.99. The van der Waals surface area contributed by atoms with Crippen molar-refractivity contribution >= 4 is 21.8 Å². The first-order chi connectivity index (χ1) is 14.2. The van der Waals surface area contributed by atoms with Crippen molar-refractivity contribution in [2.24, 2.45) is 11.1 Å². The lowest BCUT2D eigenvalue weighted by molar-refractivity contribution is -0.135.